The maximum absolute atomic E-state index is 13.4. The predicted octanol–water partition coefficient (Wildman–Crippen LogP) is 3.81. The van der Waals surface area contributed by atoms with Crippen LogP contribution in [0, 0.1) is 5.41 Å². The molecule has 1 fully saturated rings. The van der Waals surface area contributed by atoms with Gasteiger partial charge in [0.15, 0.2) is 0 Å². The van der Waals surface area contributed by atoms with Gasteiger partial charge in [0.05, 0.1) is 19.7 Å². The maximum Gasteiger partial charge on any atom is 0.236 e. The lowest BCUT2D eigenvalue weighted by Crippen LogP contribution is -2.58. The topological polar surface area (TPSA) is 53.1 Å². The molecule has 1 aromatic heterocycles. The summed E-state index contributed by atoms with van der Waals surface area (Å²) in [6.07, 6.45) is 0.969. The Morgan fingerprint density at radius 3 is 2.45 bits per heavy atom. The minimum absolute atomic E-state index is 0.0247. The highest BCUT2D eigenvalue weighted by molar-refractivity contribution is 7.10. The Balaban J connectivity index is 1.48. The first-order valence-electron chi connectivity index (χ1n) is 11.7. The van der Waals surface area contributed by atoms with Gasteiger partial charge in [-0.2, -0.15) is 0 Å². The Morgan fingerprint density at radius 1 is 1.09 bits per heavy atom. The van der Waals surface area contributed by atoms with Crippen LogP contribution in [-0.2, 0) is 16.0 Å². The zero-order chi connectivity index (χ0) is 23.8. The van der Waals surface area contributed by atoms with Crippen molar-refractivity contribution in [3.63, 3.8) is 0 Å². The van der Waals surface area contributed by atoms with E-state index in [-0.39, 0.29) is 23.9 Å². The first-order valence-corrected chi connectivity index (χ1v) is 12.6. The second-order valence-electron chi connectivity index (χ2n) is 10.1. The molecule has 2 aliphatic rings. The van der Waals surface area contributed by atoms with E-state index in [1.54, 1.807) is 18.4 Å². The van der Waals surface area contributed by atoms with Crippen molar-refractivity contribution in [3.8, 4) is 5.75 Å². The van der Waals surface area contributed by atoms with Crippen LogP contribution in [0.15, 0.2) is 35.7 Å². The highest BCUT2D eigenvalue weighted by Gasteiger charge is 2.36. The number of fused-ring (bicyclic) bond motifs is 1. The summed E-state index contributed by atoms with van der Waals surface area (Å²) in [6.45, 7) is 10.9. The van der Waals surface area contributed by atoms with Crippen molar-refractivity contribution in [3.05, 3.63) is 51.7 Å². The Labute approximate surface area is 201 Å². The van der Waals surface area contributed by atoms with E-state index in [2.05, 4.69) is 28.5 Å². The van der Waals surface area contributed by atoms with Gasteiger partial charge in [0.1, 0.15) is 5.75 Å². The highest BCUT2D eigenvalue weighted by atomic mass is 32.1. The molecular formula is C26H35N3O3S. The van der Waals surface area contributed by atoms with Gasteiger partial charge in [0, 0.05) is 42.5 Å². The first kappa shape index (κ1) is 23.8. The third-order valence-electron chi connectivity index (χ3n) is 6.72. The van der Waals surface area contributed by atoms with Crippen molar-refractivity contribution >= 4 is 23.2 Å². The largest absolute Gasteiger partial charge is 0.497 e. The summed E-state index contributed by atoms with van der Waals surface area (Å²) in [4.78, 5) is 33.7. The number of carbonyl (C=O) groups excluding carboxylic acids is 2. The molecule has 0 radical (unpaired) electrons. The highest BCUT2D eigenvalue weighted by Crippen LogP contribution is 2.38. The number of hydrogen-bond donors (Lipinski definition) is 0. The molecule has 0 bridgehead atoms. The standard InChI is InChI=1S/C26H35N3O3S/c1-18-16-27(13-14-29(18)25(31)26(2,3)4)23(30)17-28-12-10-22-21(11-15-33-22)24(28)19-6-8-20(32-5)9-7-19/h6-9,11,15,18,24H,10,12-14,16-17H2,1-5H3/t18-,24+/m1/s1. The fraction of sp³-hybridized carbons (Fsp3) is 0.538. The average molecular weight is 470 g/mol. The van der Waals surface area contributed by atoms with Gasteiger partial charge < -0.3 is 14.5 Å². The van der Waals surface area contributed by atoms with Gasteiger partial charge in [-0.1, -0.05) is 32.9 Å². The number of nitrogens with zero attached hydrogens (tertiary/aromatic N) is 3. The number of methoxy groups -OCH3 is 1. The number of benzene rings is 1. The summed E-state index contributed by atoms with van der Waals surface area (Å²) in [5.74, 6) is 1.13. The molecule has 178 valence electrons. The molecule has 2 aromatic rings. The predicted molar refractivity (Wildman–Crippen MR) is 132 cm³/mol. The van der Waals surface area contributed by atoms with Crippen LogP contribution in [0.4, 0.5) is 0 Å². The summed E-state index contributed by atoms with van der Waals surface area (Å²) >= 11 is 1.80. The molecule has 2 aliphatic heterocycles. The van der Waals surface area contributed by atoms with Crippen LogP contribution in [0.5, 0.6) is 5.75 Å². The molecule has 4 rings (SSSR count). The van der Waals surface area contributed by atoms with Crippen molar-refractivity contribution in [2.24, 2.45) is 5.41 Å². The molecule has 1 saturated heterocycles. The van der Waals surface area contributed by atoms with Crippen LogP contribution in [-0.4, -0.2) is 72.4 Å². The Morgan fingerprint density at radius 2 is 1.82 bits per heavy atom. The zero-order valence-corrected chi connectivity index (χ0v) is 21.2. The van der Waals surface area contributed by atoms with Gasteiger partial charge >= 0.3 is 0 Å². The molecular weight excluding hydrogens is 434 g/mol. The Bertz CT molecular complexity index is 995. The number of rotatable bonds is 4. The molecule has 1 aromatic carbocycles. The van der Waals surface area contributed by atoms with Gasteiger partial charge in [-0.25, -0.2) is 0 Å². The minimum Gasteiger partial charge on any atom is -0.497 e. The van der Waals surface area contributed by atoms with Crippen LogP contribution in [0.25, 0.3) is 0 Å². The molecule has 6 nitrogen and oxygen atoms in total. The van der Waals surface area contributed by atoms with Gasteiger partial charge in [-0.3, -0.25) is 14.5 Å². The number of piperazine rings is 1. The van der Waals surface area contributed by atoms with Crippen LogP contribution in [0.2, 0.25) is 0 Å². The maximum atomic E-state index is 13.4. The van der Waals surface area contributed by atoms with E-state index in [0.29, 0.717) is 26.2 Å². The third-order valence-corrected chi connectivity index (χ3v) is 7.71. The SMILES string of the molecule is COc1ccc([C@H]2c3ccsc3CCN2CC(=O)N2CCN(C(=O)C(C)(C)C)[C@H](C)C2)cc1. The molecule has 3 heterocycles. The van der Waals surface area contributed by atoms with E-state index in [0.717, 1.165) is 18.7 Å². The smallest absolute Gasteiger partial charge is 0.236 e. The molecule has 7 heteroatoms. The number of amides is 2. The minimum atomic E-state index is -0.405. The van der Waals surface area contributed by atoms with E-state index in [4.69, 9.17) is 4.74 Å². The summed E-state index contributed by atoms with van der Waals surface area (Å²) in [6, 6.07) is 10.5. The second kappa shape index (κ2) is 9.47. The summed E-state index contributed by atoms with van der Waals surface area (Å²) in [5.41, 5.74) is 2.08. The quantitative estimate of drug-likeness (QED) is 0.683. The normalized spacial score (nSPS) is 21.6. The number of hydrogen-bond acceptors (Lipinski definition) is 5. The monoisotopic (exact) mass is 469 g/mol. The number of ether oxygens (including phenoxy) is 1. The number of carbonyl (C=O) groups is 2. The van der Waals surface area contributed by atoms with Crippen LogP contribution >= 0.6 is 11.3 Å². The number of thiophene rings is 1. The van der Waals surface area contributed by atoms with Crippen molar-refractivity contribution < 1.29 is 14.3 Å². The first-order chi connectivity index (χ1) is 15.7. The summed E-state index contributed by atoms with van der Waals surface area (Å²) < 4.78 is 5.34. The van der Waals surface area contributed by atoms with E-state index in [9.17, 15) is 9.59 Å². The lowest BCUT2D eigenvalue weighted by Gasteiger charge is -2.43. The molecule has 0 unspecified atom stereocenters. The fourth-order valence-corrected chi connectivity index (χ4v) is 5.81. The lowest BCUT2D eigenvalue weighted by atomic mass is 9.93. The van der Waals surface area contributed by atoms with Crippen molar-refractivity contribution in [2.45, 2.75) is 46.2 Å². The van der Waals surface area contributed by atoms with Crippen LogP contribution in [0.3, 0.4) is 0 Å². The molecule has 0 aliphatic carbocycles. The van der Waals surface area contributed by atoms with E-state index in [1.165, 1.54) is 16.0 Å². The molecule has 2 amide bonds. The van der Waals surface area contributed by atoms with E-state index >= 15 is 0 Å². The molecule has 0 spiro atoms. The van der Waals surface area contributed by atoms with Gasteiger partial charge in [-0.05, 0) is 48.1 Å². The second-order valence-corrected chi connectivity index (χ2v) is 11.1. The molecule has 0 N–H and O–H groups in total. The molecule has 0 saturated carbocycles. The van der Waals surface area contributed by atoms with Crippen LogP contribution < -0.4 is 4.74 Å². The fourth-order valence-electron chi connectivity index (χ4n) is 4.91. The summed E-state index contributed by atoms with van der Waals surface area (Å²) in [5, 5.41) is 2.15. The van der Waals surface area contributed by atoms with Gasteiger partial charge in [0.2, 0.25) is 11.8 Å². The van der Waals surface area contributed by atoms with Crippen LogP contribution in [0.1, 0.15) is 49.7 Å². The third kappa shape index (κ3) is 4.94. The van der Waals surface area contributed by atoms with E-state index in [1.807, 2.05) is 49.6 Å². The van der Waals surface area contributed by atoms with Crippen molar-refractivity contribution in [1.82, 2.24) is 14.7 Å². The zero-order valence-electron chi connectivity index (χ0n) is 20.3. The lowest BCUT2D eigenvalue weighted by molar-refractivity contribution is -0.148. The summed E-state index contributed by atoms with van der Waals surface area (Å²) in [7, 11) is 1.67. The molecule has 2 atom stereocenters. The average Bonchev–Trinajstić information content (AvgIpc) is 3.26. The van der Waals surface area contributed by atoms with Gasteiger partial charge in [-0.15, -0.1) is 11.3 Å². The van der Waals surface area contributed by atoms with E-state index < -0.39 is 5.41 Å². The van der Waals surface area contributed by atoms with Gasteiger partial charge in [0.25, 0.3) is 0 Å². The van der Waals surface area contributed by atoms with Crippen molar-refractivity contribution in [2.75, 3.05) is 39.8 Å². The molecule has 33 heavy (non-hydrogen) atoms. The Kier molecular flexibility index (Phi) is 6.82. The Hall–Kier alpha value is -2.38. The van der Waals surface area contributed by atoms with Crippen molar-refractivity contribution in [1.29, 1.82) is 0 Å².